The number of ether oxygens (including phenoxy) is 4. The van der Waals surface area contributed by atoms with Gasteiger partial charge in [0, 0.05) is 14.0 Å². The second kappa shape index (κ2) is 11.0. The summed E-state index contributed by atoms with van der Waals surface area (Å²) in [5.74, 6) is -0.996. The van der Waals surface area contributed by atoms with Crippen molar-refractivity contribution in [2.45, 2.75) is 62.9 Å². The molecule has 146 valence electrons. The molecule has 2 heterocycles. The molecule has 2 fully saturated rings. The maximum Gasteiger partial charge on any atom is 1.00 e. The van der Waals surface area contributed by atoms with Gasteiger partial charge in [0.2, 0.25) is 0 Å². The van der Waals surface area contributed by atoms with E-state index in [4.69, 9.17) is 18.9 Å². The van der Waals surface area contributed by atoms with E-state index in [9.17, 15) is 23.1 Å². The summed E-state index contributed by atoms with van der Waals surface area (Å²) in [6, 6.07) is 8.98. The Balaban J connectivity index is 0.00000196. The predicted octanol–water partition coefficient (Wildman–Crippen LogP) is -4.65. The van der Waals surface area contributed by atoms with Crippen LogP contribution in [0.4, 0.5) is 8.78 Å². The number of benzene rings is 1. The molecule has 2 aliphatic rings. The van der Waals surface area contributed by atoms with Crippen molar-refractivity contribution in [1.29, 1.82) is 0 Å². The molecule has 4 atom stereocenters. The van der Waals surface area contributed by atoms with Gasteiger partial charge in [-0.3, -0.25) is 0 Å². The molecule has 0 aromatic heterocycles. The fraction of sp³-hybridized carbons (Fsp3) is 0.625. The van der Waals surface area contributed by atoms with E-state index < -0.39 is 50.1 Å². The molecule has 0 unspecified atom stereocenters. The van der Waals surface area contributed by atoms with Crippen molar-refractivity contribution in [2.75, 3.05) is 0 Å². The van der Waals surface area contributed by atoms with E-state index in [1.165, 1.54) is 0 Å². The molecule has 0 aliphatic carbocycles. The Kier molecular flexibility index (Phi) is 11.1. The van der Waals surface area contributed by atoms with Crippen LogP contribution in [0.2, 0.25) is 0 Å². The van der Waals surface area contributed by atoms with E-state index in [1.807, 2.05) is 6.07 Å². The Hall–Kier alpha value is 2.34. The van der Waals surface area contributed by atoms with E-state index in [2.05, 4.69) is 0 Å². The van der Waals surface area contributed by atoms with E-state index in [-0.39, 0.29) is 109 Å². The first-order valence-corrected chi connectivity index (χ1v) is 9.59. The molecule has 0 spiro atoms. The smallest absolute Gasteiger partial charge is 0.807 e. The zero-order valence-electron chi connectivity index (χ0n) is 16.2. The Morgan fingerprint density at radius 2 is 1.79 bits per heavy atom. The monoisotopic (exact) mass is 470 g/mol. The van der Waals surface area contributed by atoms with Crippen molar-refractivity contribution in [1.82, 2.24) is 0 Å². The van der Waals surface area contributed by atoms with Crippen LogP contribution in [-0.4, -0.2) is 36.1 Å². The average molecular weight is 470 g/mol. The maximum atomic E-state index is 13.7. The SMILES string of the molecule is CC1(C)O[C@H]2O[C@H](CC(F)(F)P(=O)([O-])[O-])[C@@H](OCc3ccccc3)[C@H]2O1.[K+].[K+]. The van der Waals surface area contributed by atoms with Crippen LogP contribution >= 0.6 is 7.60 Å². The normalized spacial score (nSPS) is 28.9. The standard InChI is InChI=1S/C16H21F2O7P.2K/c1-15(2)24-13-12(22-9-10-6-4-3-5-7-10)11(23-14(13)25-15)8-16(17,18)26(19,20)21;;/h3-7,11-14H,8-9H2,1-2H3,(H2,19,20,21);;/q;2*+1/p-2/t11-,12-,13-,14-;;/m1../s1. The number of hydrogen-bond acceptors (Lipinski definition) is 7. The number of rotatable bonds is 6. The summed E-state index contributed by atoms with van der Waals surface area (Å²) in [5.41, 5.74) is -3.67. The van der Waals surface area contributed by atoms with Crippen LogP contribution < -0.4 is 113 Å². The van der Waals surface area contributed by atoms with Crippen molar-refractivity contribution < 1.29 is 145 Å². The van der Waals surface area contributed by atoms with E-state index in [0.717, 1.165) is 5.56 Å². The van der Waals surface area contributed by atoms with Gasteiger partial charge in [0.05, 0.1) is 12.7 Å². The van der Waals surface area contributed by atoms with E-state index >= 15 is 0 Å². The minimum Gasteiger partial charge on any atom is -0.807 e. The molecule has 0 saturated carbocycles. The van der Waals surface area contributed by atoms with Crippen molar-refractivity contribution in [2.24, 2.45) is 0 Å². The molecule has 12 heteroatoms. The summed E-state index contributed by atoms with van der Waals surface area (Å²) in [6.07, 6.45) is -5.50. The van der Waals surface area contributed by atoms with Crippen LogP contribution in [0.1, 0.15) is 25.8 Å². The molecule has 7 nitrogen and oxygen atoms in total. The average Bonchev–Trinajstić information content (AvgIpc) is 2.96. The number of alkyl halides is 2. The van der Waals surface area contributed by atoms with Gasteiger partial charge in [0.1, 0.15) is 12.2 Å². The third-order valence-electron chi connectivity index (χ3n) is 4.22. The molecule has 0 amide bonds. The fourth-order valence-electron chi connectivity index (χ4n) is 3.03. The van der Waals surface area contributed by atoms with Gasteiger partial charge in [-0.2, -0.15) is 0 Å². The zero-order valence-corrected chi connectivity index (χ0v) is 23.3. The molecule has 1 aromatic carbocycles. The largest absolute Gasteiger partial charge is 1.00 e. The van der Waals surface area contributed by atoms with Gasteiger partial charge in [0.25, 0.3) is 5.66 Å². The third kappa shape index (κ3) is 6.92. The van der Waals surface area contributed by atoms with E-state index in [1.54, 1.807) is 38.1 Å². The van der Waals surface area contributed by atoms with Gasteiger partial charge < -0.3 is 33.3 Å². The van der Waals surface area contributed by atoms with Crippen LogP contribution in [0.5, 0.6) is 0 Å². The van der Waals surface area contributed by atoms with Gasteiger partial charge in [-0.1, -0.05) is 30.3 Å². The molecule has 3 rings (SSSR count). The summed E-state index contributed by atoms with van der Waals surface area (Å²) < 4.78 is 60.6. The van der Waals surface area contributed by atoms with Gasteiger partial charge in [-0.25, -0.2) is 8.78 Å². The van der Waals surface area contributed by atoms with Crippen molar-refractivity contribution in [3.8, 4) is 0 Å². The maximum absolute atomic E-state index is 13.7. The van der Waals surface area contributed by atoms with Gasteiger partial charge in [0.15, 0.2) is 12.1 Å². The quantitative estimate of drug-likeness (QED) is 0.305. The van der Waals surface area contributed by atoms with Crippen LogP contribution in [0.15, 0.2) is 30.3 Å². The van der Waals surface area contributed by atoms with Gasteiger partial charge in [-0.15, -0.1) is 0 Å². The first-order valence-electron chi connectivity index (χ1n) is 8.05. The zero-order chi connectivity index (χ0) is 19.2. The van der Waals surface area contributed by atoms with Crippen molar-refractivity contribution in [3.63, 3.8) is 0 Å². The molecule has 0 bridgehead atoms. The molecule has 2 aliphatic heterocycles. The first-order chi connectivity index (χ1) is 12.0. The Bertz CT molecular complexity index is 689. The Morgan fingerprint density at radius 3 is 2.36 bits per heavy atom. The minimum atomic E-state index is -6.13. The van der Waals surface area contributed by atoms with Crippen molar-refractivity contribution in [3.05, 3.63) is 35.9 Å². The van der Waals surface area contributed by atoms with Crippen LogP contribution in [0.3, 0.4) is 0 Å². The number of fused-ring (bicyclic) bond motifs is 1. The summed E-state index contributed by atoms with van der Waals surface area (Å²) in [5, 5.41) is 0. The molecule has 0 N–H and O–H groups in total. The molecule has 2 saturated heterocycles. The van der Waals surface area contributed by atoms with Crippen molar-refractivity contribution >= 4 is 7.60 Å². The second-order valence-electron chi connectivity index (χ2n) is 6.77. The topological polar surface area (TPSA) is 100 Å². The van der Waals surface area contributed by atoms with Crippen LogP contribution in [-0.2, 0) is 30.1 Å². The molecule has 0 radical (unpaired) electrons. The van der Waals surface area contributed by atoms with Gasteiger partial charge in [-0.05, 0) is 19.4 Å². The minimum absolute atomic E-state index is 0. The summed E-state index contributed by atoms with van der Waals surface area (Å²) in [6.45, 7) is 3.35. The Morgan fingerprint density at radius 1 is 1.18 bits per heavy atom. The predicted molar refractivity (Wildman–Crippen MR) is 80.9 cm³/mol. The third-order valence-corrected chi connectivity index (χ3v) is 5.20. The number of halogens is 2. The van der Waals surface area contributed by atoms with Gasteiger partial charge >= 0.3 is 103 Å². The molecule has 1 aromatic rings. The molecule has 28 heavy (non-hydrogen) atoms. The first kappa shape index (κ1) is 28.4. The Labute approximate surface area is 247 Å². The fourth-order valence-corrected chi connectivity index (χ4v) is 3.44. The number of hydrogen-bond donors (Lipinski definition) is 0. The van der Waals surface area contributed by atoms with Crippen LogP contribution in [0, 0.1) is 0 Å². The molecular formula is C16H19F2K2O7P. The second-order valence-corrected chi connectivity index (χ2v) is 8.42. The summed E-state index contributed by atoms with van der Waals surface area (Å²) in [7, 11) is -6.13. The van der Waals surface area contributed by atoms with Crippen LogP contribution in [0.25, 0.3) is 0 Å². The molecular weight excluding hydrogens is 451 g/mol. The van der Waals surface area contributed by atoms with E-state index in [0.29, 0.717) is 0 Å². The summed E-state index contributed by atoms with van der Waals surface area (Å²) in [4.78, 5) is 21.7. The summed E-state index contributed by atoms with van der Waals surface area (Å²) >= 11 is 0.